The van der Waals surface area contributed by atoms with E-state index in [1.807, 2.05) is 12.1 Å². The van der Waals surface area contributed by atoms with Crippen LogP contribution < -0.4 is 14.8 Å². The summed E-state index contributed by atoms with van der Waals surface area (Å²) in [5.74, 6) is 1.57. The average Bonchev–Trinajstić information content (AvgIpc) is 2.44. The van der Waals surface area contributed by atoms with E-state index in [-0.39, 0.29) is 5.54 Å². The number of rotatable bonds is 9. The highest BCUT2D eigenvalue weighted by atomic mass is 16.5. The normalized spacial score (nSPS) is 11.5. The van der Waals surface area contributed by atoms with Crippen LogP contribution in [0.2, 0.25) is 0 Å². The van der Waals surface area contributed by atoms with Crippen LogP contribution in [0, 0.1) is 0 Å². The van der Waals surface area contributed by atoms with E-state index in [2.05, 4.69) is 39.1 Å². The van der Waals surface area contributed by atoms with Crippen molar-refractivity contribution in [2.75, 3.05) is 26.9 Å². The molecule has 4 nitrogen and oxygen atoms in total. The quantitative estimate of drug-likeness (QED) is 0.709. The first-order valence-electron chi connectivity index (χ1n) is 7.59. The highest BCUT2D eigenvalue weighted by Crippen LogP contribution is 2.31. The summed E-state index contributed by atoms with van der Waals surface area (Å²) >= 11 is 0. The van der Waals surface area contributed by atoms with E-state index >= 15 is 0 Å². The smallest absolute Gasteiger partial charge is 0.165 e. The molecule has 0 aromatic heterocycles. The second-order valence-corrected chi connectivity index (χ2v) is 6.01. The zero-order chi connectivity index (χ0) is 15.7. The number of para-hydroxylation sites is 1. The monoisotopic (exact) mass is 295 g/mol. The van der Waals surface area contributed by atoms with Gasteiger partial charge in [0, 0.05) is 24.3 Å². The molecule has 1 rings (SSSR count). The van der Waals surface area contributed by atoms with Crippen molar-refractivity contribution in [2.45, 2.75) is 46.2 Å². The fourth-order valence-corrected chi connectivity index (χ4v) is 1.83. The second-order valence-electron chi connectivity index (χ2n) is 6.01. The van der Waals surface area contributed by atoms with Gasteiger partial charge >= 0.3 is 0 Å². The van der Waals surface area contributed by atoms with Gasteiger partial charge in [-0.1, -0.05) is 19.1 Å². The Bertz CT molecular complexity index is 413. The molecule has 0 spiro atoms. The van der Waals surface area contributed by atoms with Crippen molar-refractivity contribution in [1.82, 2.24) is 5.32 Å². The van der Waals surface area contributed by atoms with Crippen LogP contribution in [0.3, 0.4) is 0 Å². The Morgan fingerprint density at radius 2 is 1.86 bits per heavy atom. The van der Waals surface area contributed by atoms with Crippen molar-refractivity contribution in [2.24, 2.45) is 0 Å². The van der Waals surface area contributed by atoms with Crippen molar-refractivity contribution >= 4 is 0 Å². The van der Waals surface area contributed by atoms with Crippen molar-refractivity contribution < 1.29 is 14.2 Å². The lowest BCUT2D eigenvalue weighted by molar-refractivity contribution is 0.0990. The van der Waals surface area contributed by atoms with Gasteiger partial charge in [0.15, 0.2) is 11.5 Å². The Morgan fingerprint density at radius 1 is 1.10 bits per heavy atom. The number of hydrogen-bond donors (Lipinski definition) is 1. The zero-order valence-electron chi connectivity index (χ0n) is 14.0. The van der Waals surface area contributed by atoms with Crippen LogP contribution in [-0.2, 0) is 11.3 Å². The second kappa shape index (κ2) is 8.90. The molecule has 0 saturated heterocycles. The first-order chi connectivity index (χ1) is 9.98. The van der Waals surface area contributed by atoms with Gasteiger partial charge in [-0.25, -0.2) is 0 Å². The van der Waals surface area contributed by atoms with Gasteiger partial charge < -0.3 is 19.5 Å². The van der Waals surface area contributed by atoms with Gasteiger partial charge in [-0.05, 0) is 33.3 Å². The number of benzene rings is 1. The zero-order valence-corrected chi connectivity index (χ0v) is 14.0. The van der Waals surface area contributed by atoms with E-state index in [9.17, 15) is 0 Å². The van der Waals surface area contributed by atoms with Gasteiger partial charge in [0.05, 0.1) is 13.7 Å². The van der Waals surface area contributed by atoms with E-state index in [1.165, 1.54) is 0 Å². The molecule has 4 heteroatoms. The summed E-state index contributed by atoms with van der Waals surface area (Å²) in [6, 6.07) is 5.96. The maximum atomic E-state index is 5.88. The summed E-state index contributed by atoms with van der Waals surface area (Å²) in [6.45, 7) is 11.2. The molecule has 0 bridgehead atoms. The molecule has 1 aromatic rings. The van der Waals surface area contributed by atoms with Crippen LogP contribution in [0.4, 0.5) is 0 Å². The molecule has 0 unspecified atom stereocenters. The van der Waals surface area contributed by atoms with Crippen molar-refractivity contribution in [3.63, 3.8) is 0 Å². The number of hydrogen-bond acceptors (Lipinski definition) is 4. The molecule has 0 aliphatic rings. The van der Waals surface area contributed by atoms with Gasteiger partial charge in [-0.3, -0.25) is 0 Å². The van der Waals surface area contributed by atoms with Crippen LogP contribution >= 0.6 is 0 Å². The lowest BCUT2D eigenvalue weighted by Crippen LogP contribution is -2.35. The number of nitrogens with one attached hydrogen (secondary N) is 1. The topological polar surface area (TPSA) is 39.7 Å². The minimum Gasteiger partial charge on any atom is -0.493 e. The minimum atomic E-state index is 0.0601. The summed E-state index contributed by atoms with van der Waals surface area (Å²) in [5.41, 5.74) is 1.16. The summed E-state index contributed by atoms with van der Waals surface area (Å²) in [7, 11) is 1.66. The molecule has 0 amide bonds. The summed E-state index contributed by atoms with van der Waals surface area (Å²) in [5, 5.41) is 3.47. The Balaban J connectivity index is 2.68. The molecule has 0 radical (unpaired) electrons. The number of ether oxygens (including phenoxy) is 3. The fourth-order valence-electron chi connectivity index (χ4n) is 1.83. The van der Waals surface area contributed by atoms with Crippen molar-refractivity contribution in [3.8, 4) is 11.5 Å². The SMILES string of the molecule is CCCOCCOc1c(CNC(C)(C)C)cccc1OC. The van der Waals surface area contributed by atoms with E-state index in [0.717, 1.165) is 36.6 Å². The average molecular weight is 295 g/mol. The maximum absolute atomic E-state index is 5.88. The Kier molecular flexibility index (Phi) is 7.54. The number of methoxy groups -OCH3 is 1. The third-order valence-electron chi connectivity index (χ3n) is 2.91. The molecule has 0 aliphatic carbocycles. The molecule has 0 saturated carbocycles. The highest BCUT2D eigenvalue weighted by molar-refractivity contribution is 5.46. The van der Waals surface area contributed by atoms with Crippen LogP contribution in [0.1, 0.15) is 39.7 Å². The van der Waals surface area contributed by atoms with Crippen LogP contribution in [0.25, 0.3) is 0 Å². The van der Waals surface area contributed by atoms with E-state index in [0.29, 0.717) is 13.2 Å². The van der Waals surface area contributed by atoms with Gasteiger partial charge in [0.25, 0.3) is 0 Å². The molecule has 0 heterocycles. The first kappa shape index (κ1) is 17.8. The lowest BCUT2D eigenvalue weighted by atomic mass is 10.1. The standard InChI is InChI=1S/C17H29NO3/c1-6-10-20-11-12-21-16-14(13-18-17(2,3)4)8-7-9-15(16)19-5/h7-9,18H,6,10-13H2,1-5H3. The van der Waals surface area contributed by atoms with Crippen LogP contribution in [0.15, 0.2) is 18.2 Å². The van der Waals surface area contributed by atoms with Gasteiger partial charge in [-0.2, -0.15) is 0 Å². The molecule has 120 valence electrons. The largest absolute Gasteiger partial charge is 0.493 e. The third-order valence-corrected chi connectivity index (χ3v) is 2.91. The summed E-state index contributed by atoms with van der Waals surface area (Å²) in [4.78, 5) is 0. The maximum Gasteiger partial charge on any atom is 0.165 e. The Morgan fingerprint density at radius 3 is 2.48 bits per heavy atom. The molecular formula is C17H29NO3. The molecule has 1 aromatic carbocycles. The molecule has 0 aliphatic heterocycles. The van der Waals surface area contributed by atoms with Gasteiger partial charge in [0.1, 0.15) is 6.61 Å². The predicted molar refractivity (Wildman–Crippen MR) is 86.2 cm³/mol. The molecular weight excluding hydrogens is 266 g/mol. The molecule has 21 heavy (non-hydrogen) atoms. The van der Waals surface area contributed by atoms with Crippen molar-refractivity contribution in [1.29, 1.82) is 0 Å². The van der Waals surface area contributed by atoms with Gasteiger partial charge in [-0.15, -0.1) is 0 Å². The first-order valence-corrected chi connectivity index (χ1v) is 7.59. The van der Waals surface area contributed by atoms with Gasteiger partial charge in [0.2, 0.25) is 0 Å². The summed E-state index contributed by atoms with van der Waals surface area (Å²) in [6.07, 6.45) is 1.02. The van der Waals surface area contributed by atoms with Crippen LogP contribution in [-0.4, -0.2) is 32.5 Å². The van der Waals surface area contributed by atoms with E-state index < -0.39 is 0 Å². The Labute approximate surface area is 128 Å². The molecule has 0 atom stereocenters. The summed E-state index contributed by atoms with van der Waals surface area (Å²) < 4.78 is 16.7. The van der Waals surface area contributed by atoms with Crippen LogP contribution in [0.5, 0.6) is 11.5 Å². The highest BCUT2D eigenvalue weighted by Gasteiger charge is 2.14. The lowest BCUT2D eigenvalue weighted by Gasteiger charge is -2.22. The molecule has 1 N–H and O–H groups in total. The fraction of sp³-hybridized carbons (Fsp3) is 0.647. The third kappa shape index (κ3) is 6.82. The van der Waals surface area contributed by atoms with Crippen molar-refractivity contribution in [3.05, 3.63) is 23.8 Å². The predicted octanol–water partition coefficient (Wildman–Crippen LogP) is 3.39. The van der Waals surface area contributed by atoms with E-state index in [1.54, 1.807) is 7.11 Å². The van der Waals surface area contributed by atoms with E-state index in [4.69, 9.17) is 14.2 Å². The molecule has 0 fully saturated rings. The minimum absolute atomic E-state index is 0.0601. The Hall–Kier alpha value is -1.26.